The number of thiophene rings is 1. The normalized spacial score (nSPS) is 15.2. The Kier molecular flexibility index (Phi) is 4.71. The van der Waals surface area contributed by atoms with E-state index in [2.05, 4.69) is 5.32 Å². The molecule has 1 aliphatic heterocycles. The molecule has 0 atom stereocenters. The third-order valence-corrected chi connectivity index (χ3v) is 5.89. The number of piperidine rings is 1. The number of fused-ring (bicyclic) bond motifs is 1. The van der Waals surface area contributed by atoms with E-state index < -0.39 is 0 Å². The maximum absolute atomic E-state index is 12.8. The number of amides is 2. The van der Waals surface area contributed by atoms with Crippen molar-refractivity contribution in [3.05, 3.63) is 71.1 Å². The van der Waals surface area contributed by atoms with Crippen molar-refractivity contribution < 1.29 is 9.59 Å². The predicted molar refractivity (Wildman–Crippen MR) is 105 cm³/mol. The average Bonchev–Trinajstić information content (AvgIpc) is 3.13. The lowest BCUT2D eigenvalue weighted by atomic mass is 10.0. The summed E-state index contributed by atoms with van der Waals surface area (Å²) in [5, 5.41) is 4.20. The highest BCUT2D eigenvalue weighted by atomic mass is 32.1. The van der Waals surface area contributed by atoms with Crippen molar-refractivity contribution >= 4 is 33.2 Å². The third-order valence-electron chi connectivity index (χ3n) is 4.79. The molecule has 1 aliphatic rings. The molecule has 1 fully saturated rings. The molecule has 2 heterocycles. The van der Waals surface area contributed by atoms with Crippen LogP contribution in [0, 0.1) is 0 Å². The molecule has 3 aromatic rings. The molecule has 1 aromatic heterocycles. The number of rotatable bonds is 3. The molecule has 0 saturated carbocycles. The van der Waals surface area contributed by atoms with Crippen LogP contribution >= 0.6 is 11.3 Å². The van der Waals surface area contributed by atoms with Crippen LogP contribution in [0.15, 0.2) is 60.7 Å². The van der Waals surface area contributed by atoms with E-state index in [-0.39, 0.29) is 17.9 Å². The van der Waals surface area contributed by atoms with Gasteiger partial charge in [-0.25, -0.2) is 0 Å². The Morgan fingerprint density at radius 3 is 2.38 bits per heavy atom. The summed E-state index contributed by atoms with van der Waals surface area (Å²) in [6.45, 7) is 1.35. The molecule has 0 bridgehead atoms. The summed E-state index contributed by atoms with van der Waals surface area (Å²) in [6.07, 6.45) is 1.57. The van der Waals surface area contributed by atoms with Gasteiger partial charge in [0.1, 0.15) is 0 Å². The number of hydrogen-bond acceptors (Lipinski definition) is 3. The van der Waals surface area contributed by atoms with Crippen molar-refractivity contribution in [3.8, 4) is 0 Å². The molecule has 132 valence electrons. The van der Waals surface area contributed by atoms with Gasteiger partial charge in [-0.15, -0.1) is 11.3 Å². The standard InChI is InChI=1S/C21H20N2O2S/c24-20(15-6-2-1-3-7-15)22-17-10-12-23(13-11-17)21(25)19-14-16-8-4-5-9-18(16)26-19/h1-9,14,17H,10-13H2,(H,22,24). The van der Waals surface area contributed by atoms with E-state index in [1.54, 1.807) is 11.3 Å². The van der Waals surface area contributed by atoms with Gasteiger partial charge < -0.3 is 10.2 Å². The number of hydrogen-bond donors (Lipinski definition) is 1. The van der Waals surface area contributed by atoms with E-state index >= 15 is 0 Å². The van der Waals surface area contributed by atoms with Crippen LogP contribution in [0.4, 0.5) is 0 Å². The van der Waals surface area contributed by atoms with Crippen LogP contribution in [0.25, 0.3) is 10.1 Å². The molecule has 1 saturated heterocycles. The number of benzene rings is 2. The Labute approximate surface area is 156 Å². The van der Waals surface area contributed by atoms with Crippen LogP contribution in [0.1, 0.15) is 32.9 Å². The van der Waals surface area contributed by atoms with Gasteiger partial charge in [0.15, 0.2) is 0 Å². The zero-order valence-electron chi connectivity index (χ0n) is 14.4. The fourth-order valence-corrected chi connectivity index (χ4v) is 4.36. The number of nitrogens with zero attached hydrogens (tertiary/aromatic N) is 1. The first-order chi connectivity index (χ1) is 12.7. The van der Waals surface area contributed by atoms with Gasteiger partial charge in [0.2, 0.25) is 0 Å². The van der Waals surface area contributed by atoms with Gasteiger partial charge in [-0.05, 0) is 42.5 Å². The summed E-state index contributed by atoms with van der Waals surface area (Å²) in [7, 11) is 0. The number of carbonyl (C=O) groups is 2. The van der Waals surface area contributed by atoms with Crippen molar-refractivity contribution in [1.29, 1.82) is 0 Å². The number of nitrogens with one attached hydrogen (secondary N) is 1. The van der Waals surface area contributed by atoms with E-state index in [0.717, 1.165) is 27.8 Å². The van der Waals surface area contributed by atoms with Crippen molar-refractivity contribution in [3.63, 3.8) is 0 Å². The summed E-state index contributed by atoms with van der Waals surface area (Å²) < 4.78 is 1.14. The van der Waals surface area contributed by atoms with E-state index in [1.165, 1.54) is 0 Å². The van der Waals surface area contributed by atoms with Gasteiger partial charge in [0, 0.05) is 29.4 Å². The van der Waals surface area contributed by atoms with E-state index in [9.17, 15) is 9.59 Å². The van der Waals surface area contributed by atoms with Crippen LogP contribution in [-0.2, 0) is 0 Å². The summed E-state index contributed by atoms with van der Waals surface area (Å²) in [5.74, 6) is 0.0546. The maximum Gasteiger partial charge on any atom is 0.263 e. The minimum Gasteiger partial charge on any atom is -0.349 e. The quantitative estimate of drug-likeness (QED) is 0.765. The summed E-state index contributed by atoms with van der Waals surface area (Å²) in [5.41, 5.74) is 0.677. The van der Waals surface area contributed by atoms with Gasteiger partial charge in [0.05, 0.1) is 4.88 Å². The van der Waals surface area contributed by atoms with E-state index in [0.29, 0.717) is 18.7 Å². The van der Waals surface area contributed by atoms with Gasteiger partial charge in [-0.2, -0.15) is 0 Å². The molecule has 4 rings (SSSR count). The lowest BCUT2D eigenvalue weighted by Gasteiger charge is -2.32. The van der Waals surface area contributed by atoms with E-state index in [4.69, 9.17) is 0 Å². The first kappa shape index (κ1) is 16.8. The van der Waals surface area contributed by atoms with Crippen molar-refractivity contribution in [2.45, 2.75) is 18.9 Å². The SMILES string of the molecule is O=C(NC1CCN(C(=O)c2cc3ccccc3s2)CC1)c1ccccc1. The minimum absolute atomic E-state index is 0.0418. The first-order valence-corrected chi connectivity index (χ1v) is 9.66. The average molecular weight is 364 g/mol. The molecule has 0 radical (unpaired) electrons. The van der Waals surface area contributed by atoms with Gasteiger partial charge in [-0.3, -0.25) is 9.59 Å². The molecular formula is C21H20N2O2S. The zero-order valence-corrected chi connectivity index (χ0v) is 15.2. The molecule has 2 aromatic carbocycles. The molecule has 5 heteroatoms. The minimum atomic E-state index is -0.0418. The molecule has 0 aliphatic carbocycles. The van der Waals surface area contributed by atoms with Crippen LogP contribution in [0.2, 0.25) is 0 Å². The van der Waals surface area contributed by atoms with Crippen molar-refractivity contribution in [2.75, 3.05) is 13.1 Å². The molecular weight excluding hydrogens is 344 g/mol. The molecule has 2 amide bonds. The van der Waals surface area contributed by atoms with Crippen LogP contribution in [-0.4, -0.2) is 35.8 Å². The Morgan fingerprint density at radius 1 is 0.962 bits per heavy atom. The highest BCUT2D eigenvalue weighted by Gasteiger charge is 2.25. The second-order valence-corrected chi connectivity index (χ2v) is 7.64. The van der Waals surface area contributed by atoms with Crippen molar-refractivity contribution in [1.82, 2.24) is 10.2 Å². The van der Waals surface area contributed by atoms with Crippen molar-refractivity contribution in [2.24, 2.45) is 0 Å². The van der Waals surface area contributed by atoms with Crippen LogP contribution in [0.3, 0.4) is 0 Å². The Hall–Kier alpha value is -2.66. The Morgan fingerprint density at radius 2 is 1.65 bits per heavy atom. The predicted octanol–water partition coefficient (Wildman–Crippen LogP) is 3.94. The maximum atomic E-state index is 12.8. The second kappa shape index (κ2) is 7.30. The molecule has 1 N–H and O–H groups in total. The highest BCUT2D eigenvalue weighted by Crippen LogP contribution is 2.27. The molecule has 26 heavy (non-hydrogen) atoms. The Bertz CT molecular complexity index is 894. The van der Waals surface area contributed by atoms with Crippen LogP contribution in [0.5, 0.6) is 0 Å². The molecule has 0 spiro atoms. The number of likely N-dealkylation sites (tertiary alicyclic amines) is 1. The number of carbonyl (C=O) groups excluding carboxylic acids is 2. The van der Waals surface area contributed by atoms with Gasteiger partial charge in [-0.1, -0.05) is 36.4 Å². The van der Waals surface area contributed by atoms with Gasteiger partial charge in [0.25, 0.3) is 11.8 Å². The smallest absolute Gasteiger partial charge is 0.263 e. The fraction of sp³-hybridized carbons (Fsp3) is 0.238. The summed E-state index contributed by atoms with van der Waals surface area (Å²) in [6, 6.07) is 19.4. The summed E-state index contributed by atoms with van der Waals surface area (Å²) in [4.78, 5) is 27.7. The Balaban J connectivity index is 1.35. The fourth-order valence-electron chi connectivity index (χ4n) is 3.33. The first-order valence-electron chi connectivity index (χ1n) is 8.84. The van der Waals surface area contributed by atoms with E-state index in [1.807, 2.05) is 65.6 Å². The lowest BCUT2D eigenvalue weighted by molar-refractivity contribution is 0.0703. The highest BCUT2D eigenvalue weighted by molar-refractivity contribution is 7.20. The zero-order chi connectivity index (χ0) is 17.9. The largest absolute Gasteiger partial charge is 0.349 e. The third kappa shape index (κ3) is 3.48. The topological polar surface area (TPSA) is 49.4 Å². The lowest BCUT2D eigenvalue weighted by Crippen LogP contribution is -2.46. The molecule has 0 unspecified atom stereocenters. The monoisotopic (exact) mass is 364 g/mol. The van der Waals surface area contributed by atoms with Gasteiger partial charge >= 0.3 is 0 Å². The summed E-state index contributed by atoms with van der Waals surface area (Å²) >= 11 is 1.55. The second-order valence-electron chi connectivity index (χ2n) is 6.55. The molecule has 4 nitrogen and oxygen atoms in total. The van der Waals surface area contributed by atoms with Crippen LogP contribution < -0.4 is 5.32 Å².